The molecule has 2 N–H and O–H groups in total. The van der Waals surface area contributed by atoms with E-state index in [0.717, 1.165) is 18.7 Å². The van der Waals surface area contributed by atoms with Crippen LogP contribution in [0.15, 0.2) is 48.5 Å². The number of para-hydroxylation sites is 1. The van der Waals surface area contributed by atoms with Crippen LogP contribution in [0.4, 0.5) is 0 Å². The van der Waals surface area contributed by atoms with E-state index in [-0.39, 0.29) is 24.5 Å². The van der Waals surface area contributed by atoms with Gasteiger partial charge in [-0.3, -0.25) is 4.79 Å². The molecule has 1 amide bonds. The maximum Gasteiger partial charge on any atom is 0.257 e. The Labute approximate surface area is 168 Å². The Morgan fingerprint density at radius 3 is 2.78 bits per heavy atom. The number of hydrogen-bond acceptors (Lipinski definition) is 4. The van der Waals surface area contributed by atoms with Crippen LogP contribution in [0.3, 0.4) is 0 Å². The van der Waals surface area contributed by atoms with Gasteiger partial charge in [-0.2, -0.15) is 0 Å². The zero-order valence-corrected chi connectivity index (χ0v) is 16.3. The number of nitrogens with one attached hydrogen (secondary N) is 2. The highest BCUT2D eigenvalue weighted by atomic mass is 35.5. The van der Waals surface area contributed by atoms with Crippen molar-refractivity contribution in [1.29, 1.82) is 0 Å². The van der Waals surface area contributed by atoms with Gasteiger partial charge in [-0.1, -0.05) is 47.5 Å². The fourth-order valence-electron chi connectivity index (χ4n) is 2.99. The van der Waals surface area contributed by atoms with Gasteiger partial charge in [0.05, 0.1) is 22.8 Å². The lowest BCUT2D eigenvalue weighted by molar-refractivity contribution is -0.123. The molecule has 144 valence electrons. The third-order valence-corrected chi connectivity index (χ3v) is 5.10. The van der Waals surface area contributed by atoms with Crippen molar-refractivity contribution in [3.05, 3.63) is 64.1 Å². The van der Waals surface area contributed by atoms with Gasteiger partial charge in [0.2, 0.25) is 0 Å². The van der Waals surface area contributed by atoms with Gasteiger partial charge >= 0.3 is 0 Å². The van der Waals surface area contributed by atoms with Crippen LogP contribution in [0.25, 0.3) is 0 Å². The standard InChI is InChI=1S/C20H22Cl2N2O3/c21-17-7-6-14(10-18(17)22)20-15(11-23-8-9-26-20)12-24-19(25)13-27-16-4-2-1-3-5-16/h1-7,10,15,20,23H,8-9,11-13H2,(H,24,25)/t15-,20-/m0/s1. The van der Waals surface area contributed by atoms with Gasteiger partial charge in [-0.15, -0.1) is 0 Å². The van der Waals surface area contributed by atoms with Crippen molar-refractivity contribution in [2.75, 3.05) is 32.8 Å². The molecule has 2 aromatic rings. The molecule has 1 aliphatic heterocycles. The summed E-state index contributed by atoms with van der Waals surface area (Å²) in [7, 11) is 0. The molecule has 0 aliphatic carbocycles. The maximum atomic E-state index is 12.2. The molecule has 0 aromatic heterocycles. The summed E-state index contributed by atoms with van der Waals surface area (Å²) in [6.45, 7) is 2.52. The number of rotatable bonds is 6. The number of carbonyl (C=O) groups excluding carboxylic acids is 1. The van der Waals surface area contributed by atoms with E-state index >= 15 is 0 Å². The van der Waals surface area contributed by atoms with E-state index < -0.39 is 0 Å². The first-order valence-corrected chi connectivity index (χ1v) is 9.61. The van der Waals surface area contributed by atoms with E-state index in [4.69, 9.17) is 32.7 Å². The second kappa shape index (κ2) is 9.95. The SMILES string of the molecule is O=C(COc1ccccc1)NC[C@@H]1CNCCO[C@H]1c1ccc(Cl)c(Cl)c1. The van der Waals surface area contributed by atoms with Crippen LogP contribution in [0, 0.1) is 5.92 Å². The van der Waals surface area contributed by atoms with Crippen molar-refractivity contribution in [3.63, 3.8) is 0 Å². The fourth-order valence-corrected chi connectivity index (χ4v) is 3.29. The van der Waals surface area contributed by atoms with Crippen LogP contribution >= 0.6 is 23.2 Å². The van der Waals surface area contributed by atoms with Crippen LogP contribution in [0.1, 0.15) is 11.7 Å². The first-order chi connectivity index (χ1) is 13.1. The molecule has 0 spiro atoms. The normalized spacial score (nSPS) is 19.9. The summed E-state index contributed by atoms with van der Waals surface area (Å²) in [6, 6.07) is 14.8. The van der Waals surface area contributed by atoms with Crippen molar-refractivity contribution in [2.45, 2.75) is 6.10 Å². The Morgan fingerprint density at radius 2 is 2.00 bits per heavy atom. The molecule has 7 heteroatoms. The summed E-state index contributed by atoms with van der Waals surface area (Å²) in [5.74, 6) is 0.558. The van der Waals surface area contributed by atoms with E-state index in [1.165, 1.54) is 0 Å². The Bertz CT molecular complexity index is 758. The predicted octanol–water partition coefficient (Wildman–Crippen LogP) is 3.47. The molecule has 0 unspecified atom stereocenters. The third-order valence-electron chi connectivity index (χ3n) is 4.36. The van der Waals surface area contributed by atoms with Crippen molar-refractivity contribution in [3.8, 4) is 5.75 Å². The van der Waals surface area contributed by atoms with Gasteiger partial charge in [-0.05, 0) is 29.8 Å². The molecule has 1 aliphatic rings. The summed E-state index contributed by atoms with van der Waals surface area (Å²) in [5.41, 5.74) is 0.952. The predicted molar refractivity (Wildman–Crippen MR) is 106 cm³/mol. The van der Waals surface area contributed by atoms with Crippen LogP contribution in [0.5, 0.6) is 5.75 Å². The molecule has 27 heavy (non-hydrogen) atoms. The molecule has 5 nitrogen and oxygen atoms in total. The summed E-state index contributed by atoms with van der Waals surface area (Å²) >= 11 is 12.2. The van der Waals surface area contributed by atoms with Gasteiger partial charge in [0.25, 0.3) is 5.91 Å². The monoisotopic (exact) mass is 408 g/mol. The van der Waals surface area contributed by atoms with Gasteiger partial charge in [0, 0.05) is 25.6 Å². The molecular formula is C20H22Cl2N2O3. The van der Waals surface area contributed by atoms with Crippen LogP contribution in [0.2, 0.25) is 10.0 Å². The van der Waals surface area contributed by atoms with E-state index in [2.05, 4.69) is 10.6 Å². The Balaban J connectivity index is 1.58. The third kappa shape index (κ3) is 5.84. The minimum atomic E-state index is -0.176. The number of halogens is 2. The number of hydrogen-bond donors (Lipinski definition) is 2. The molecule has 1 heterocycles. The summed E-state index contributed by atoms with van der Waals surface area (Å²) in [4.78, 5) is 12.2. The topological polar surface area (TPSA) is 59.6 Å². The highest BCUT2D eigenvalue weighted by molar-refractivity contribution is 6.42. The number of ether oxygens (including phenoxy) is 2. The molecular weight excluding hydrogens is 387 g/mol. The summed E-state index contributed by atoms with van der Waals surface area (Å²) in [5, 5.41) is 7.28. The Morgan fingerprint density at radius 1 is 1.19 bits per heavy atom. The summed E-state index contributed by atoms with van der Waals surface area (Å²) in [6.07, 6.45) is -0.176. The highest BCUT2D eigenvalue weighted by Gasteiger charge is 2.27. The lowest BCUT2D eigenvalue weighted by Gasteiger charge is -2.25. The molecule has 0 saturated carbocycles. The lowest BCUT2D eigenvalue weighted by Crippen LogP contribution is -2.38. The summed E-state index contributed by atoms with van der Waals surface area (Å²) < 4.78 is 11.5. The lowest BCUT2D eigenvalue weighted by atomic mass is 9.95. The molecule has 1 fully saturated rings. The van der Waals surface area contributed by atoms with Gasteiger partial charge < -0.3 is 20.1 Å². The molecule has 0 bridgehead atoms. The molecule has 3 rings (SSSR count). The smallest absolute Gasteiger partial charge is 0.257 e. The quantitative estimate of drug-likeness (QED) is 0.767. The zero-order valence-electron chi connectivity index (χ0n) is 14.8. The largest absolute Gasteiger partial charge is 0.484 e. The van der Waals surface area contributed by atoms with Crippen LogP contribution < -0.4 is 15.4 Å². The molecule has 0 radical (unpaired) electrons. The van der Waals surface area contributed by atoms with Gasteiger partial charge in [0.1, 0.15) is 5.75 Å². The van der Waals surface area contributed by atoms with E-state index in [9.17, 15) is 4.79 Å². The first-order valence-electron chi connectivity index (χ1n) is 8.85. The van der Waals surface area contributed by atoms with Crippen LogP contribution in [-0.4, -0.2) is 38.8 Å². The molecule has 1 saturated heterocycles. The van der Waals surface area contributed by atoms with E-state index in [0.29, 0.717) is 28.9 Å². The maximum absolute atomic E-state index is 12.2. The highest BCUT2D eigenvalue weighted by Crippen LogP contribution is 2.31. The molecule has 2 atom stereocenters. The van der Waals surface area contributed by atoms with Crippen molar-refractivity contribution < 1.29 is 14.3 Å². The van der Waals surface area contributed by atoms with Crippen LogP contribution in [-0.2, 0) is 9.53 Å². The minimum Gasteiger partial charge on any atom is -0.484 e. The Kier molecular flexibility index (Phi) is 7.35. The molecule has 2 aromatic carbocycles. The minimum absolute atomic E-state index is 0.0253. The van der Waals surface area contributed by atoms with Crippen molar-refractivity contribution in [1.82, 2.24) is 10.6 Å². The second-order valence-electron chi connectivity index (χ2n) is 6.33. The zero-order chi connectivity index (χ0) is 19.1. The second-order valence-corrected chi connectivity index (χ2v) is 7.15. The average molecular weight is 409 g/mol. The van der Waals surface area contributed by atoms with Gasteiger partial charge in [-0.25, -0.2) is 0 Å². The van der Waals surface area contributed by atoms with Crippen molar-refractivity contribution in [2.24, 2.45) is 5.92 Å². The number of benzene rings is 2. The average Bonchev–Trinajstić information content (AvgIpc) is 2.93. The fraction of sp³-hybridized carbons (Fsp3) is 0.350. The number of amides is 1. The van der Waals surface area contributed by atoms with Gasteiger partial charge in [0.15, 0.2) is 6.61 Å². The first kappa shape index (κ1) is 20.0. The van der Waals surface area contributed by atoms with E-state index in [1.807, 2.05) is 42.5 Å². The van der Waals surface area contributed by atoms with E-state index in [1.54, 1.807) is 6.07 Å². The van der Waals surface area contributed by atoms with Crippen molar-refractivity contribution >= 4 is 29.1 Å². The Hall–Kier alpha value is -1.79. The number of carbonyl (C=O) groups is 1.